The van der Waals surface area contributed by atoms with Gasteiger partial charge in [0.1, 0.15) is 5.69 Å². The molecule has 3 N–H and O–H groups in total. The molecule has 0 aliphatic carbocycles. The second kappa shape index (κ2) is 5.08. The van der Waals surface area contributed by atoms with E-state index in [4.69, 9.17) is 15.2 Å². The lowest BCUT2D eigenvalue weighted by molar-refractivity contribution is 0.0995. The Morgan fingerprint density at radius 1 is 1.25 bits per heavy atom. The summed E-state index contributed by atoms with van der Waals surface area (Å²) in [7, 11) is 0. The number of benzene rings is 1. The molecule has 6 heteroatoms. The van der Waals surface area contributed by atoms with Crippen LogP contribution in [0.4, 0.5) is 5.69 Å². The summed E-state index contributed by atoms with van der Waals surface area (Å²) in [6, 6.07) is 9.15. The molecular weight excluding hydrogens is 258 g/mol. The number of carbonyl (C=O) groups is 1. The second-order valence-corrected chi connectivity index (χ2v) is 4.34. The van der Waals surface area contributed by atoms with Gasteiger partial charge in [0.2, 0.25) is 6.79 Å². The van der Waals surface area contributed by atoms with Crippen LogP contribution in [0.15, 0.2) is 36.5 Å². The molecule has 0 unspecified atom stereocenters. The van der Waals surface area contributed by atoms with Crippen LogP contribution in [0.2, 0.25) is 0 Å². The highest BCUT2D eigenvalue weighted by Gasteiger charge is 2.13. The molecule has 1 amide bonds. The number of hydrogen-bond acceptors (Lipinski definition) is 5. The fourth-order valence-corrected chi connectivity index (χ4v) is 1.93. The summed E-state index contributed by atoms with van der Waals surface area (Å²) in [4.78, 5) is 14.9. The summed E-state index contributed by atoms with van der Waals surface area (Å²) in [5.41, 5.74) is 7.26. The van der Waals surface area contributed by atoms with E-state index in [9.17, 15) is 4.79 Å². The van der Waals surface area contributed by atoms with Crippen LogP contribution in [0.1, 0.15) is 16.1 Å². The maximum atomic E-state index is 11.1. The lowest BCUT2D eigenvalue weighted by Crippen LogP contribution is -2.13. The molecule has 0 saturated carbocycles. The summed E-state index contributed by atoms with van der Waals surface area (Å²) in [5, 5.41) is 3.20. The molecule has 6 nitrogen and oxygen atoms in total. The molecule has 0 bridgehead atoms. The van der Waals surface area contributed by atoms with Crippen molar-refractivity contribution in [1.82, 2.24) is 4.98 Å². The number of primary amides is 1. The Kier molecular flexibility index (Phi) is 3.12. The van der Waals surface area contributed by atoms with E-state index < -0.39 is 5.91 Å². The summed E-state index contributed by atoms with van der Waals surface area (Å²) in [6.45, 7) is 0.859. The Balaban J connectivity index is 1.70. The molecule has 0 radical (unpaired) electrons. The third kappa shape index (κ3) is 2.49. The minimum absolute atomic E-state index is 0.237. The average Bonchev–Trinajstić information content (AvgIpc) is 2.93. The van der Waals surface area contributed by atoms with Crippen LogP contribution in [-0.2, 0) is 6.54 Å². The predicted molar refractivity (Wildman–Crippen MR) is 72.6 cm³/mol. The first kappa shape index (κ1) is 12.3. The van der Waals surface area contributed by atoms with E-state index in [0.717, 1.165) is 22.7 Å². The van der Waals surface area contributed by atoms with Crippen molar-refractivity contribution in [3.8, 4) is 11.5 Å². The van der Waals surface area contributed by atoms with E-state index >= 15 is 0 Å². The number of aromatic nitrogens is 1. The molecule has 2 heterocycles. The first-order valence-corrected chi connectivity index (χ1v) is 6.10. The fraction of sp³-hybridized carbons (Fsp3) is 0.143. The molecule has 0 saturated heterocycles. The van der Waals surface area contributed by atoms with Crippen LogP contribution in [0.5, 0.6) is 11.5 Å². The highest BCUT2D eigenvalue weighted by Crippen LogP contribution is 2.32. The molecule has 1 aliphatic heterocycles. The smallest absolute Gasteiger partial charge is 0.267 e. The van der Waals surface area contributed by atoms with Gasteiger partial charge < -0.3 is 20.5 Å². The monoisotopic (exact) mass is 271 g/mol. The number of pyridine rings is 1. The zero-order valence-corrected chi connectivity index (χ0v) is 10.6. The van der Waals surface area contributed by atoms with E-state index in [1.54, 1.807) is 18.3 Å². The van der Waals surface area contributed by atoms with E-state index in [1.165, 1.54) is 0 Å². The molecule has 1 aromatic heterocycles. The van der Waals surface area contributed by atoms with E-state index in [0.29, 0.717) is 6.54 Å². The SMILES string of the molecule is NC(=O)c1cc(NCc2ccc3c(c2)OCO3)ccn1. The van der Waals surface area contributed by atoms with Gasteiger partial charge >= 0.3 is 0 Å². The van der Waals surface area contributed by atoms with Crippen molar-refractivity contribution in [3.05, 3.63) is 47.8 Å². The maximum Gasteiger partial charge on any atom is 0.267 e. The molecule has 0 spiro atoms. The van der Waals surface area contributed by atoms with Gasteiger partial charge in [0, 0.05) is 18.4 Å². The van der Waals surface area contributed by atoms with Crippen LogP contribution in [0.3, 0.4) is 0 Å². The summed E-state index contributed by atoms with van der Waals surface area (Å²) < 4.78 is 10.6. The Bertz CT molecular complexity index is 658. The molecule has 1 aliphatic rings. The van der Waals surface area contributed by atoms with Gasteiger partial charge in [0.25, 0.3) is 5.91 Å². The Hall–Kier alpha value is -2.76. The topological polar surface area (TPSA) is 86.5 Å². The van der Waals surface area contributed by atoms with E-state index in [-0.39, 0.29) is 12.5 Å². The van der Waals surface area contributed by atoms with Crippen molar-refractivity contribution < 1.29 is 14.3 Å². The first-order chi connectivity index (χ1) is 9.72. The molecule has 2 aromatic rings. The van der Waals surface area contributed by atoms with Crippen LogP contribution in [-0.4, -0.2) is 17.7 Å². The Labute approximate surface area is 115 Å². The third-order valence-corrected chi connectivity index (χ3v) is 2.95. The van der Waals surface area contributed by atoms with Crippen LogP contribution in [0, 0.1) is 0 Å². The van der Waals surface area contributed by atoms with Gasteiger partial charge in [-0.15, -0.1) is 0 Å². The summed E-state index contributed by atoms with van der Waals surface area (Å²) in [5.74, 6) is 0.960. The van der Waals surface area contributed by atoms with Crippen LogP contribution >= 0.6 is 0 Å². The quantitative estimate of drug-likeness (QED) is 0.880. The van der Waals surface area contributed by atoms with Crippen molar-refractivity contribution in [2.24, 2.45) is 5.73 Å². The molecular formula is C14H13N3O3. The molecule has 0 fully saturated rings. The van der Waals surface area contributed by atoms with Gasteiger partial charge in [-0.1, -0.05) is 6.07 Å². The fourth-order valence-electron chi connectivity index (χ4n) is 1.93. The van der Waals surface area contributed by atoms with Gasteiger partial charge in [0.15, 0.2) is 11.5 Å². The minimum Gasteiger partial charge on any atom is -0.454 e. The third-order valence-electron chi connectivity index (χ3n) is 2.95. The first-order valence-electron chi connectivity index (χ1n) is 6.10. The van der Waals surface area contributed by atoms with Crippen molar-refractivity contribution in [2.45, 2.75) is 6.54 Å². The van der Waals surface area contributed by atoms with Crippen LogP contribution in [0.25, 0.3) is 0 Å². The van der Waals surface area contributed by atoms with Gasteiger partial charge in [-0.2, -0.15) is 0 Å². The number of ether oxygens (including phenoxy) is 2. The van der Waals surface area contributed by atoms with Gasteiger partial charge in [0.05, 0.1) is 0 Å². The summed E-state index contributed by atoms with van der Waals surface area (Å²) in [6.07, 6.45) is 1.54. The molecule has 20 heavy (non-hydrogen) atoms. The standard InChI is InChI=1S/C14H13N3O3/c15-14(18)11-6-10(3-4-16-11)17-7-9-1-2-12-13(5-9)20-8-19-12/h1-6H,7-8H2,(H2,15,18)(H,16,17). The van der Waals surface area contributed by atoms with Crippen molar-refractivity contribution in [1.29, 1.82) is 0 Å². The highest BCUT2D eigenvalue weighted by molar-refractivity contribution is 5.91. The Morgan fingerprint density at radius 2 is 2.10 bits per heavy atom. The van der Waals surface area contributed by atoms with Gasteiger partial charge in [-0.3, -0.25) is 9.78 Å². The molecule has 0 atom stereocenters. The lowest BCUT2D eigenvalue weighted by atomic mass is 10.2. The second-order valence-electron chi connectivity index (χ2n) is 4.34. The number of rotatable bonds is 4. The van der Waals surface area contributed by atoms with E-state index in [1.807, 2.05) is 18.2 Å². The maximum absolute atomic E-state index is 11.1. The average molecular weight is 271 g/mol. The molecule has 102 valence electrons. The lowest BCUT2D eigenvalue weighted by Gasteiger charge is -2.07. The zero-order valence-electron chi connectivity index (χ0n) is 10.6. The van der Waals surface area contributed by atoms with Crippen molar-refractivity contribution in [3.63, 3.8) is 0 Å². The molecule has 3 rings (SSSR count). The Morgan fingerprint density at radius 3 is 2.95 bits per heavy atom. The number of nitrogens with two attached hydrogens (primary N) is 1. The minimum atomic E-state index is -0.545. The normalized spacial score (nSPS) is 12.2. The zero-order chi connectivity index (χ0) is 13.9. The number of hydrogen-bond donors (Lipinski definition) is 2. The van der Waals surface area contributed by atoms with Crippen molar-refractivity contribution in [2.75, 3.05) is 12.1 Å². The number of nitrogens with one attached hydrogen (secondary N) is 1. The highest BCUT2D eigenvalue weighted by atomic mass is 16.7. The number of fused-ring (bicyclic) bond motifs is 1. The van der Waals surface area contributed by atoms with Gasteiger partial charge in [-0.25, -0.2) is 0 Å². The largest absolute Gasteiger partial charge is 0.454 e. The summed E-state index contributed by atoms with van der Waals surface area (Å²) >= 11 is 0. The van der Waals surface area contributed by atoms with Gasteiger partial charge in [-0.05, 0) is 29.8 Å². The molecule has 1 aromatic carbocycles. The van der Waals surface area contributed by atoms with Crippen LogP contribution < -0.4 is 20.5 Å². The van der Waals surface area contributed by atoms with Crippen molar-refractivity contribution >= 4 is 11.6 Å². The number of anilines is 1. The number of carbonyl (C=O) groups excluding carboxylic acids is 1. The number of amides is 1. The predicted octanol–water partition coefficient (Wildman–Crippen LogP) is 1.52. The number of nitrogens with zero attached hydrogens (tertiary/aromatic N) is 1. The van der Waals surface area contributed by atoms with E-state index in [2.05, 4.69) is 10.3 Å².